The van der Waals surface area contributed by atoms with Crippen molar-refractivity contribution in [2.45, 2.75) is 48.9 Å². The second-order valence-electron chi connectivity index (χ2n) is 4.29. The van der Waals surface area contributed by atoms with Gasteiger partial charge in [-0.05, 0) is 25.8 Å². The van der Waals surface area contributed by atoms with E-state index < -0.39 is 0 Å². The van der Waals surface area contributed by atoms with Crippen LogP contribution in [0.1, 0.15) is 38.5 Å². The van der Waals surface area contributed by atoms with E-state index in [2.05, 4.69) is 10.3 Å². The first kappa shape index (κ1) is 12.4. The molecule has 0 radical (unpaired) electrons. The van der Waals surface area contributed by atoms with Gasteiger partial charge >= 0.3 is 0 Å². The summed E-state index contributed by atoms with van der Waals surface area (Å²) in [5.74, 6) is 1.19. The second-order valence-corrected chi connectivity index (χ2v) is 6.53. The third kappa shape index (κ3) is 4.44. The second kappa shape index (κ2) is 7.30. The average Bonchev–Trinajstić information content (AvgIpc) is 2.83. The summed E-state index contributed by atoms with van der Waals surface area (Å²) in [6.45, 7) is 1.17. The first-order chi connectivity index (χ1) is 7.95. The molecular formula is C12H20N2S2. The standard InChI is InChI=1S/C12H20N2S2/c1-2-5-11(6-3-1)13-7-4-9-15-12-14-8-10-16-12/h8,10-11,13H,1-7,9H2. The fourth-order valence-corrected chi connectivity index (χ4v) is 3.77. The monoisotopic (exact) mass is 256 g/mol. The Morgan fingerprint density at radius 3 is 3.00 bits per heavy atom. The molecule has 0 unspecified atom stereocenters. The molecule has 1 aromatic rings. The summed E-state index contributed by atoms with van der Waals surface area (Å²) >= 11 is 3.62. The van der Waals surface area contributed by atoms with E-state index in [0.717, 1.165) is 6.04 Å². The van der Waals surface area contributed by atoms with Crippen LogP contribution in [0.25, 0.3) is 0 Å². The molecule has 90 valence electrons. The smallest absolute Gasteiger partial charge is 0.149 e. The Balaban J connectivity index is 1.48. The molecule has 0 aliphatic heterocycles. The average molecular weight is 256 g/mol. The van der Waals surface area contributed by atoms with Crippen LogP contribution in [-0.4, -0.2) is 23.3 Å². The van der Waals surface area contributed by atoms with Gasteiger partial charge < -0.3 is 5.32 Å². The van der Waals surface area contributed by atoms with Gasteiger partial charge in [0.1, 0.15) is 4.34 Å². The molecule has 0 bridgehead atoms. The highest BCUT2D eigenvalue weighted by molar-refractivity contribution is 8.00. The summed E-state index contributed by atoms with van der Waals surface area (Å²) in [4.78, 5) is 4.26. The minimum absolute atomic E-state index is 0.804. The molecule has 1 fully saturated rings. The molecule has 0 amide bonds. The zero-order valence-electron chi connectivity index (χ0n) is 9.65. The zero-order valence-corrected chi connectivity index (χ0v) is 11.3. The molecule has 1 saturated carbocycles. The molecule has 2 rings (SSSR count). The van der Waals surface area contributed by atoms with Gasteiger partial charge in [-0.25, -0.2) is 4.98 Å². The van der Waals surface area contributed by atoms with E-state index in [1.165, 1.54) is 55.2 Å². The van der Waals surface area contributed by atoms with Crippen molar-refractivity contribution in [3.8, 4) is 0 Å². The van der Waals surface area contributed by atoms with Gasteiger partial charge in [-0.15, -0.1) is 11.3 Å². The SMILES string of the molecule is c1csc(SCCCNC2CCCCC2)n1. The number of aromatic nitrogens is 1. The van der Waals surface area contributed by atoms with Crippen molar-refractivity contribution in [1.82, 2.24) is 10.3 Å². The Labute approximate surface area is 106 Å². The number of hydrogen-bond donors (Lipinski definition) is 1. The van der Waals surface area contributed by atoms with Gasteiger partial charge in [-0.3, -0.25) is 0 Å². The van der Waals surface area contributed by atoms with Gasteiger partial charge in [0.25, 0.3) is 0 Å². The van der Waals surface area contributed by atoms with E-state index in [0.29, 0.717) is 0 Å². The van der Waals surface area contributed by atoms with Crippen molar-refractivity contribution in [2.75, 3.05) is 12.3 Å². The van der Waals surface area contributed by atoms with Gasteiger partial charge in [0.15, 0.2) is 0 Å². The van der Waals surface area contributed by atoms with E-state index in [9.17, 15) is 0 Å². The Bertz CT molecular complexity index is 269. The van der Waals surface area contributed by atoms with Crippen molar-refractivity contribution < 1.29 is 0 Å². The zero-order chi connectivity index (χ0) is 11.1. The van der Waals surface area contributed by atoms with Crippen LogP contribution in [0.15, 0.2) is 15.9 Å². The Kier molecular flexibility index (Phi) is 5.66. The number of thioether (sulfide) groups is 1. The lowest BCUT2D eigenvalue weighted by Crippen LogP contribution is -2.31. The quantitative estimate of drug-likeness (QED) is 0.622. The number of nitrogens with one attached hydrogen (secondary N) is 1. The summed E-state index contributed by atoms with van der Waals surface area (Å²) in [6, 6.07) is 0.804. The summed E-state index contributed by atoms with van der Waals surface area (Å²) in [5.41, 5.74) is 0. The van der Waals surface area contributed by atoms with Crippen LogP contribution in [0.4, 0.5) is 0 Å². The topological polar surface area (TPSA) is 24.9 Å². The lowest BCUT2D eigenvalue weighted by atomic mass is 9.95. The van der Waals surface area contributed by atoms with Gasteiger partial charge in [0, 0.05) is 23.4 Å². The molecule has 16 heavy (non-hydrogen) atoms. The van der Waals surface area contributed by atoms with E-state index >= 15 is 0 Å². The molecule has 4 heteroatoms. The Hall–Kier alpha value is -0.0600. The molecule has 0 atom stereocenters. The first-order valence-corrected chi connectivity index (χ1v) is 8.07. The molecule has 1 heterocycles. The number of thiazole rings is 1. The summed E-state index contributed by atoms with van der Waals surface area (Å²) in [6.07, 6.45) is 10.2. The molecule has 2 nitrogen and oxygen atoms in total. The predicted molar refractivity (Wildman–Crippen MR) is 72.3 cm³/mol. The molecule has 1 aromatic heterocycles. The Morgan fingerprint density at radius 1 is 1.38 bits per heavy atom. The van der Waals surface area contributed by atoms with Crippen molar-refractivity contribution in [3.63, 3.8) is 0 Å². The number of nitrogens with zero attached hydrogens (tertiary/aromatic N) is 1. The van der Waals surface area contributed by atoms with E-state index in [-0.39, 0.29) is 0 Å². The fraction of sp³-hybridized carbons (Fsp3) is 0.750. The van der Waals surface area contributed by atoms with Crippen LogP contribution >= 0.6 is 23.1 Å². The maximum atomic E-state index is 4.26. The summed E-state index contributed by atoms with van der Waals surface area (Å²) in [5, 5.41) is 5.72. The molecule has 1 aliphatic rings. The molecule has 1 aliphatic carbocycles. The van der Waals surface area contributed by atoms with E-state index in [4.69, 9.17) is 0 Å². The van der Waals surface area contributed by atoms with E-state index in [1.54, 1.807) is 11.3 Å². The van der Waals surface area contributed by atoms with Crippen LogP contribution in [0, 0.1) is 0 Å². The van der Waals surface area contributed by atoms with Crippen LogP contribution in [-0.2, 0) is 0 Å². The van der Waals surface area contributed by atoms with Gasteiger partial charge in [-0.1, -0.05) is 31.0 Å². The maximum absolute atomic E-state index is 4.26. The molecule has 0 aromatic carbocycles. The van der Waals surface area contributed by atoms with Crippen molar-refractivity contribution in [2.24, 2.45) is 0 Å². The van der Waals surface area contributed by atoms with Crippen molar-refractivity contribution >= 4 is 23.1 Å². The number of hydrogen-bond acceptors (Lipinski definition) is 4. The minimum atomic E-state index is 0.804. The van der Waals surface area contributed by atoms with Gasteiger partial charge in [0.05, 0.1) is 0 Å². The third-order valence-electron chi connectivity index (χ3n) is 2.99. The van der Waals surface area contributed by atoms with Crippen LogP contribution in [0.2, 0.25) is 0 Å². The van der Waals surface area contributed by atoms with E-state index in [1.807, 2.05) is 23.3 Å². The highest BCUT2D eigenvalue weighted by Gasteiger charge is 2.11. The summed E-state index contributed by atoms with van der Waals surface area (Å²) < 4.78 is 1.21. The van der Waals surface area contributed by atoms with Crippen LogP contribution in [0.3, 0.4) is 0 Å². The summed E-state index contributed by atoms with van der Waals surface area (Å²) in [7, 11) is 0. The molecule has 0 spiro atoms. The maximum Gasteiger partial charge on any atom is 0.149 e. The number of rotatable bonds is 6. The lowest BCUT2D eigenvalue weighted by Gasteiger charge is -2.22. The predicted octanol–water partition coefficient (Wildman–Crippen LogP) is 3.55. The molecule has 0 saturated heterocycles. The van der Waals surface area contributed by atoms with Crippen LogP contribution < -0.4 is 5.32 Å². The Morgan fingerprint density at radius 2 is 2.25 bits per heavy atom. The van der Waals surface area contributed by atoms with Gasteiger partial charge in [0.2, 0.25) is 0 Å². The highest BCUT2D eigenvalue weighted by Crippen LogP contribution is 2.21. The normalized spacial score (nSPS) is 17.8. The van der Waals surface area contributed by atoms with Gasteiger partial charge in [-0.2, -0.15) is 0 Å². The van der Waals surface area contributed by atoms with Crippen molar-refractivity contribution in [1.29, 1.82) is 0 Å². The molecule has 1 N–H and O–H groups in total. The van der Waals surface area contributed by atoms with Crippen LogP contribution in [0.5, 0.6) is 0 Å². The van der Waals surface area contributed by atoms with Crippen molar-refractivity contribution in [3.05, 3.63) is 11.6 Å². The third-order valence-corrected chi connectivity index (χ3v) is 5.05. The highest BCUT2D eigenvalue weighted by atomic mass is 32.2. The fourth-order valence-electron chi connectivity index (χ4n) is 2.13. The largest absolute Gasteiger partial charge is 0.314 e. The molecular weight excluding hydrogens is 236 g/mol. The minimum Gasteiger partial charge on any atom is -0.314 e. The lowest BCUT2D eigenvalue weighted by molar-refractivity contribution is 0.375. The first-order valence-electron chi connectivity index (χ1n) is 6.21.